The highest BCUT2D eigenvalue weighted by molar-refractivity contribution is 7.84. The highest BCUT2D eigenvalue weighted by Gasteiger charge is 2.13. The molecule has 0 radical (unpaired) electrons. The van der Waals surface area contributed by atoms with Crippen LogP contribution in [0, 0.1) is 5.82 Å². The van der Waals surface area contributed by atoms with E-state index in [2.05, 4.69) is 4.98 Å². The minimum Gasteiger partial charge on any atom is -0.264 e. The lowest BCUT2D eigenvalue weighted by Crippen LogP contribution is -1.99. The van der Waals surface area contributed by atoms with E-state index in [0.29, 0.717) is 0 Å². The molecule has 0 aliphatic heterocycles. The molecule has 2 heterocycles. The summed E-state index contributed by atoms with van der Waals surface area (Å²) >= 11 is 0. The average Bonchev–Trinajstić information content (AvgIpc) is 3.15. The Hall–Kier alpha value is -3.12. The van der Waals surface area contributed by atoms with E-state index in [0.717, 1.165) is 33.1 Å². The second-order valence-corrected chi connectivity index (χ2v) is 7.40. The van der Waals surface area contributed by atoms with Crippen molar-refractivity contribution in [2.24, 2.45) is 0 Å². The minimum absolute atomic E-state index is 0.294. The lowest BCUT2D eigenvalue weighted by atomic mass is 10.1. The van der Waals surface area contributed by atoms with Crippen molar-refractivity contribution in [2.75, 3.05) is 6.26 Å². The van der Waals surface area contributed by atoms with E-state index in [9.17, 15) is 8.60 Å². The Morgan fingerprint density at radius 2 is 1.70 bits per heavy atom. The largest absolute Gasteiger partial charge is 0.264 e. The Morgan fingerprint density at radius 1 is 0.963 bits per heavy atom. The van der Waals surface area contributed by atoms with Crippen LogP contribution < -0.4 is 0 Å². The van der Waals surface area contributed by atoms with Crippen molar-refractivity contribution in [3.8, 4) is 28.2 Å². The smallest absolute Gasteiger partial charge is 0.123 e. The molecular weight excluding hydrogens is 361 g/mol. The lowest BCUT2D eigenvalue weighted by molar-refractivity contribution is 0.627. The van der Waals surface area contributed by atoms with Crippen molar-refractivity contribution >= 4 is 10.8 Å². The first kappa shape index (κ1) is 17.3. The maximum atomic E-state index is 13.3. The normalized spacial score (nSPS) is 12.1. The monoisotopic (exact) mass is 377 g/mol. The number of nitrogens with zero attached hydrogens (tertiary/aromatic N) is 3. The molecule has 0 aliphatic carbocycles. The minimum atomic E-state index is -1.02. The van der Waals surface area contributed by atoms with Crippen molar-refractivity contribution in [3.05, 3.63) is 84.9 Å². The van der Waals surface area contributed by atoms with E-state index >= 15 is 0 Å². The third-order valence-electron chi connectivity index (χ3n) is 4.22. The number of hydrogen-bond acceptors (Lipinski definition) is 3. The van der Waals surface area contributed by atoms with Crippen LogP contribution in [-0.2, 0) is 10.8 Å². The van der Waals surface area contributed by atoms with Crippen molar-refractivity contribution in [3.63, 3.8) is 0 Å². The summed E-state index contributed by atoms with van der Waals surface area (Å²) in [7, 11) is -1.02. The zero-order valence-electron chi connectivity index (χ0n) is 14.5. The van der Waals surface area contributed by atoms with Gasteiger partial charge < -0.3 is 0 Å². The number of hydrogen-bond donors (Lipinski definition) is 0. The quantitative estimate of drug-likeness (QED) is 0.527. The topological polar surface area (TPSA) is 47.8 Å². The Morgan fingerprint density at radius 3 is 2.33 bits per heavy atom. The highest BCUT2D eigenvalue weighted by Crippen LogP contribution is 2.28. The van der Waals surface area contributed by atoms with Gasteiger partial charge in [-0.15, -0.1) is 0 Å². The molecule has 2 aromatic carbocycles. The summed E-state index contributed by atoms with van der Waals surface area (Å²) in [6.07, 6.45) is 5.13. The summed E-state index contributed by atoms with van der Waals surface area (Å²) in [6.45, 7) is 0. The number of pyridine rings is 1. The number of rotatable bonds is 4. The highest BCUT2D eigenvalue weighted by atomic mass is 32.2. The summed E-state index contributed by atoms with van der Waals surface area (Å²) in [5.41, 5.74) is 4.20. The molecule has 1 atom stereocenters. The van der Waals surface area contributed by atoms with Crippen LogP contribution in [0.25, 0.3) is 28.2 Å². The zero-order valence-corrected chi connectivity index (χ0v) is 15.4. The van der Waals surface area contributed by atoms with Crippen LogP contribution in [-0.4, -0.2) is 25.2 Å². The van der Waals surface area contributed by atoms with Crippen molar-refractivity contribution < 1.29 is 8.60 Å². The molecule has 4 aromatic rings. The first-order chi connectivity index (χ1) is 13.1. The van der Waals surface area contributed by atoms with Crippen LogP contribution in [0.3, 0.4) is 0 Å². The van der Waals surface area contributed by atoms with Gasteiger partial charge in [0, 0.05) is 45.5 Å². The predicted molar refractivity (Wildman–Crippen MR) is 105 cm³/mol. The Labute approximate surface area is 158 Å². The van der Waals surface area contributed by atoms with Crippen LogP contribution in [0.5, 0.6) is 0 Å². The molecule has 0 N–H and O–H groups in total. The maximum Gasteiger partial charge on any atom is 0.123 e. The van der Waals surface area contributed by atoms with E-state index in [4.69, 9.17) is 5.10 Å². The standard InChI is InChI=1S/C21H16FN3OS/c1-27(26)19-10-4-15(5-11-19)20-13-21(16-3-2-12-23-14-16)25(24-20)18-8-6-17(22)7-9-18/h2-14H,1H3. The van der Waals surface area contributed by atoms with Crippen LogP contribution in [0.15, 0.2) is 84.0 Å². The molecule has 0 fully saturated rings. The van der Waals surface area contributed by atoms with Gasteiger partial charge in [0.1, 0.15) is 5.82 Å². The van der Waals surface area contributed by atoms with Crippen LogP contribution in [0.2, 0.25) is 0 Å². The molecule has 27 heavy (non-hydrogen) atoms. The zero-order chi connectivity index (χ0) is 18.8. The Kier molecular flexibility index (Phi) is 4.64. The summed E-state index contributed by atoms with van der Waals surface area (Å²) in [5, 5.41) is 4.72. The van der Waals surface area contributed by atoms with Crippen molar-refractivity contribution in [2.45, 2.75) is 4.90 Å². The van der Waals surface area contributed by atoms with E-state index in [-0.39, 0.29) is 5.82 Å². The summed E-state index contributed by atoms with van der Waals surface area (Å²) in [4.78, 5) is 4.96. The molecule has 4 rings (SSSR count). The third kappa shape index (κ3) is 3.57. The van der Waals surface area contributed by atoms with Crippen LogP contribution >= 0.6 is 0 Å². The molecule has 0 saturated carbocycles. The fourth-order valence-corrected chi connectivity index (χ4v) is 3.36. The summed E-state index contributed by atoms with van der Waals surface area (Å²) < 4.78 is 26.7. The van der Waals surface area contributed by atoms with Crippen LogP contribution in [0.1, 0.15) is 0 Å². The molecule has 0 saturated heterocycles. The fourth-order valence-electron chi connectivity index (χ4n) is 2.84. The van der Waals surface area contributed by atoms with Gasteiger partial charge in [-0.3, -0.25) is 9.19 Å². The summed E-state index contributed by atoms with van der Waals surface area (Å²) in [6, 6.07) is 19.5. The number of halogens is 1. The molecule has 0 bridgehead atoms. The van der Waals surface area contributed by atoms with E-state index in [1.54, 1.807) is 35.5 Å². The maximum absolute atomic E-state index is 13.3. The second-order valence-electron chi connectivity index (χ2n) is 6.02. The molecule has 1 unspecified atom stereocenters. The third-order valence-corrected chi connectivity index (χ3v) is 5.16. The van der Waals surface area contributed by atoms with Gasteiger partial charge in [0.25, 0.3) is 0 Å². The van der Waals surface area contributed by atoms with Gasteiger partial charge in [0.15, 0.2) is 0 Å². The molecule has 0 amide bonds. The molecular formula is C21H16FN3OS. The van der Waals surface area contributed by atoms with Gasteiger partial charge in [0.05, 0.1) is 17.1 Å². The van der Waals surface area contributed by atoms with E-state index in [1.165, 1.54) is 12.1 Å². The Balaban J connectivity index is 1.84. The second kappa shape index (κ2) is 7.25. The summed E-state index contributed by atoms with van der Waals surface area (Å²) in [5.74, 6) is -0.294. The van der Waals surface area contributed by atoms with E-state index < -0.39 is 10.8 Å². The molecule has 134 valence electrons. The average molecular weight is 377 g/mol. The van der Waals surface area contributed by atoms with Crippen molar-refractivity contribution in [1.82, 2.24) is 14.8 Å². The SMILES string of the molecule is CS(=O)c1ccc(-c2cc(-c3cccnc3)n(-c3ccc(F)cc3)n2)cc1. The first-order valence-electron chi connectivity index (χ1n) is 8.32. The van der Waals surface area contributed by atoms with Gasteiger partial charge in [-0.05, 0) is 54.6 Å². The van der Waals surface area contributed by atoms with Crippen molar-refractivity contribution in [1.29, 1.82) is 0 Å². The van der Waals surface area contributed by atoms with Gasteiger partial charge in [-0.1, -0.05) is 12.1 Å². The van der Waals surface area contributed by atoms with E-state index in [1.807, 2.05) is 42.5 Å². The molecule has 4 nitrogen and oxygen atoms in total. The number of aromatic nitrogens is 3. The lowest BCUT2D eigenvalue weighted by Gasteiger charge is -2.07. The Bertz CT molecular complexity index is 1090. The van der Waals surface area contributed by atoms with Gasteiger partial charge in [-0.2, -0.15) is 5.10 Å². The molecule has 0 aliphatic rings. The predicted octanol–water partition coefficient (Wildman–Crippen LogP) is 4.48. The fraction of sp³-hybridized carbons (Fsp3) is 0.0476. The molecule has 2 aromatic heterocycles. The van der Waals surface area contributed by atoms with Gasteiger partial charge >= 0.3 is 0 Å². The van der Waals surface area contributed by atoms with Gasteiger partial charge in [0.2, 0.25) is 0 Å². The first-order valence-corrected chi connectivity index (χ1v) is 9.88. The van der Waals surface area contributed by atoms with Gasteiger partial charge in [-0.25, -0.2) is 9.07 Å². The molecule has 6 heteroatoms. The van der Waals surface area contributed by atoms with Crippen LogP contribution in [0.4, 0.5) is 4.39 Å². The number of benzene rings is 2. The molecule has 0 spiro atoms.